The van der Waals surface area contributed by atoms with Crippen molar-refractivity contribution in [3.8, 4) is 17.0 Å². The molecule has 0 atom stereocenters. The van der Waals surface area contributed by atoms with Crippen molar-refractivity contribution in [2.45, 2.75) is 72.1 Å². The standard InChI is InChI=1S/C30H39N3O5/c1-8-33-25(21-10-12-23(13-11-21)29(2,3)4)18-24(32-33)27(34)31-19-20-9-14-26(22(17-20)15-16-37-7)38-30(5,6)28(35)36/h9-14,17-18H,8,15-16,19H2,1-7H3,(H,31,34)(H,35,36). The number of ether oxygens (including phenoxy) is 2. The van der Waals surface area contributed by atoms with Crippen molar-refractivity contribution in [2.24, 2.45) is 0 Å². The molecule has 1 amide bonds. The van der Waals surface area contributed by atoms with Gasteiger partial charge in [-0.25, -0.2) is 4.79 Å². The van der Waals surface area contributed by atoms with E-state index in [0.29, 0.717) is 31.0 Å². The molecule has 3 rings (SSSR count). The molecule has 1 aromatic heterocycles. The molecule has 0 radical (unpaired) electrons. The molecule has 1 heterocycles. The first-order chi connectivity index (χ1) is 17.9. The van der Waals surface area contributed by atoms with Gasteiger partial charge in [-0.3, -0.25) is 9.48 Å². The maximum Gasteiger partial charge on any atom is 0.347 e. The second-order valence-electron chi connectivity index (χ2n) is 10.8. The van der Waals surface area contributed by atoms with Gasteiger partial charge < -0.3 is 19.9 Å². The van der Waals surface area contributed by atoms with Gasteiger partial charge in [-0.1, -0.05) is 57.2 Å². The highest BCUT2D eigenvalue weighted by Crippen LogP contribution is 2.28. The molecule has 0 unspecified atom stereocenters. The quantitative estimate of drug-likeness (QED) is 0.358. The Hall–Kier alpha value is -3.65. The van der Waals surface area contributed by atoms with Gasteiger partial charge in [0.05, 0.1) is 12.3 Å². The zero-order valence-corrected chi connectivity index (χ0v) is 23.4. The predicted molar refractivity (Wildman–Crippen MR) is 148 cm³/mol. The van der Waals surface area contributed by atoms with E-state index in [1.54, 1.807) is 13.2 Å². The Kier molecular flexibility index (Phi) is 8.99. The number of nitrogens with one attached hydrogen (secondary N) is 1. The molecule has 0 spiro atoms. The number of carbonyl (C=O) groups is 2. The number of aliphatic carboxylic acids is 1. The summed E-state index contributed by atoms with van der Waals surface area (Å²) in [4.78, 5) is 24.5. The minimum atomic E-state index is -1.37. The molecule has 38 heavy (non-hydrogen) atoms. The van der Waals surface area contributed by atoms with Gasteiger partial charge in [-0.2, -0.15) is 5.10 Å². The summed E-state index contributed by atoms with van der Waals surface area (Å²) < 4.78 is 12.8. The fourth-order valence-electron chi connectivity index (χ4n) is 3.98. The Balaban J connectivity index is 1.76. The Morgan fingerprint density at radius 1 is 1.03 bits per heavy atom. The lowest BCUT2D eigenvalue weighted by molar-refractivity contribution is -0.152. The summed E-state index contributed by atoms with van der Waals surface area (Å²) in [5.41, 5.74) is 3.85. The van der Waals surface area contributed by atoms with Crippen LogP contribution in [0.25, 0.3) is 11.3 Å². The fourth-order valence-corrected chi connectivity index (χ4v) is 3.98. The molecule has 0 saturated heterocycles. The first-order valence-corrected chi connectivity index (χ1v) is 12.9. The van der Waals surface area contributed by atoms with Crippen LogP contribution in [0.2, 0.25) is 0 Å². The van der Waals surface area contributed by atoms with Gasteiger partial charge in [-0.05, 0) is 67.0 Å². The zero-order valence-electron chi connectivity index (χ0n) is 23.4. The van der Waals surface area contributed by atoms with E-state index in [-0.39, 0.29) is 17.9 Å². The van der Waals surface area contributed by atoms with Crippen molar-refractivity contribution >= 4 is 11.9 Å². The van der Waals surface area contributed by atoms with Crippen LogP contribution >= 0.6 is 0 Å². The number of nitrogens with zero attached hydrogens (tertiary/aromatic N) is 2. The van der Waals surface area contributed by atoms with E-state index in [2.05, 4.69) is 55.5 Å². The first-order valence-electron chi connectivity index (χ1n) is 12.9. The number of aryl methyl sites for hydroxylation is 1. The highest BCUT2D eigenvalue weighted by atomic mass is 16.5. The molecule has 0 aliphatic rings. The van der Waals surface area contributed by atoms with E-state index in [9.17, 15) is 14.7 Å². The van der Waals surface area contributed by atoms with Crippen LogP contribution in [0.4, 0.5) is 0 Å². The lowest BCUT2D eigenvalue weighted by atomic mass is 9.86. The number of amides is 1. The van der Waals surface area contributed by atoms with E-state index in [1.165, 1.54) is 19.4 Å². The monoisotopic (exact) mass is 521 g/mol. The van der Waals surface area contributed by atoms with Gasteiger partial charge in [0, 0.05) is 20.2 Å². The molecular weight excluding hydrogens is 482 g/mol. The largest absolute Gasteiger partial charge is 0.478 e. The second kappa shape index (κ2) is 11.8. The Labute approximate surface area is 225 Å². The van der Waals surface area contributed by atoms with E-state index in [1.807, 2.05) is 29.8 Å². The van der Waals surface area contributed by atoms with Crippen LogP contribution in [-0.2, 0) is 34.5 Å². The van der Waals surface area contributed by atoms with E-state index < -0.39 is 11.6 Å². The van der Waals surface area contributed by atoms with Gasteiger partial charge in [-0.15, -0.1) is 0 Å². The lowest BCUT2D eigenvalue weighted by Crippen LogP contribution is -2.38. The Morgan fingerprint density at radius 2 is 1.71 bits per heavy atom. The summed E-state index contributed by atoms with van der Waals surface area (Å²) in [5, 5.41) is 16.9. The third-order valence-corrected chi connectivity index (χ3v) is 6.39. The van der Waals surface area contributed by atoms with Gasteiger partial charge in [0.1, 0.15) is 5.75 Å². The minimum Gasteiger partial charge on any atom is -0.478 e. The molecule has 2 aromatic carbocycles. The Bertz CT molecular complexity index is 1270. The molecule has 0 bridgehead atoms. The smallest absolute Gasteiger partial charge is 0.347 e. The van der Waals surface area contributed by atoms with Crippen molar-refractivity contribution < 1.29 is 24.2 Å². The summed E-state index contributed by atoms with van der Waals surface area (Å²) in [6.45, 7) is 12.9. The zero-order chi connectivity index (χ0) is 28.1. The number of methoxy groups -OCH3 is 1. The predicted octanol–water partition coefficient (Wildman–Crippen LogP) is 5.23. The third kappa shape index (κ3) is 7.01. The van der Waals surface area contributed by atoms with Crippen molar-refractivity contribution in [1.29, 1.82) is 0 Å². The van der Waals surface area contributed by atoms with Crippen LogP contribution in [-0.4, -0.2) is 46.1 Å². The highest BCUT2D eigenvalue weighted by molar-refractivity contribution is 5.93. The van der Waals surface area contributed by atoms with Crippen LogP contribution in [0.5, 0.6) is 5.75 Å². The molecule has 0 fully saturated rings. The molecule has 2 N–H and O–H groups in total. The number of carboxylic acids is 1. The maximum atomic E-state index is 13.0. The molecular formula is C30H39N3O5. The maximum absolute atomic E-state index is 13.0. The molecule has 0 saturated carbocycles. The number of hydrogen-bond donors (Lipinski definition) is 2. The number of hydrogen-bond acceptors (Lipinski definition) is 5. The first kappa shape index (κ1) is 28.9. The van der Waals surface area contributed by atoms with Crippen LogP contribution in [0, 0.1) is 0 Å². The normalized spacial score (nSPS) is 11.9. The molecule has 0 aliphatic heterocycles. The molecule has 204 valence electrons. The Morgan fingerprint density at radius 3 is 2.29 bits per heavy atom. The van der Waals surface area contributed by atoms with Crippen molar-refractivity contribution in [2.75, 3.05) is 13.7 Å². The SMILES string of the molecule is CCn1nc(C(=O)NCc2ccc(OC(C)(C)C(=O)O)c(CCOC)c2)cc1-c1ccc(C(C)(C)C)cc1. The summed E-state index contributed by atoms with van der Waals surface area (Å²) in [6.07, 6.45) is 0.543. The summed E-state index contributed by atoms with van der Waals surface area (Å²) >= 11 is 0. The minimum absolute atomic E-state index is 0.0643. The van der Waals surface area contributed by atoms with Crippen LogP contribution < -0.4 is 10.1 Å². The van der Waals surface area contributed by atoms with Crippen molar-refractivity contribution in [1.82, 2.24) is 15.1 Å². The highest BCUT2D eigenvalue weighted by Gasteiger charge is 2.30. The topological polar surface area (TPSA) is 103 Å². The van der Waals surface area contributed by atoms with E-state index in [0.717, 1.165) is 22.4 Å². The molecule has 8 heteroatoms. The third-order valence-electron chi connectivity index (χ3n) is 6.39. The van der Waals surface area contributed by atoms with Crippen LogP contribution in [0.1, 0.15) is 68.7 Å². The van der Waals surface area contributed by atoms with Gasteiger partial charge in [0.15, 0.2) is 11.3 Å². The number of benzene rings is 2. The van der Waals surface area contributed by atoms with E-state index >= 15 is 0 Å². The number of carbonyl (C=O) groups excluding carboxylic acids is 1. The van der Waals surface area contributed by atoms with Gasteiger partial charge >= 0.3 is 5.97 Å². The van der Waals surface area contributed by atoms with Crippen LogP contribution in [0.3, 0.4) is 0 Å². The lowest BCUT2D eigenvalue weighted by Gasteiger charge is -2.24. The van der Waals surface area contributed by atoms with Gasteiger partial charge in [0.2, 0.25) is 0 Å². The van der Waals surface area contributed by atoms with E-state index in [4.69, 9.17) is 9.47 Å². The van der Waals surface area contributed by atoms with Crippen molar-refractivity contribution in [3.05, 3.63) is 70.9 Å². The summed E-state index contributed by atoms with van der Waals surface area (Å²) in [5.74, 6) is -0.841. The summed E-state index contributed by atoms with van der Waals surface area (Å²) in [7, 11) is 1.61. The average Bonchev–Trinajstić information content (AvgIpc) is 3.31. The molecule has 0 aliphatic carbocycles. The second-order valence-corrected chi connectivity index (χ2v) is 10.8. The van der Waals surface area contributed by atoms with Gasteiger partial charge in [0.25, 0.3) is 5.91 Å². The van der Waals surface area contributed by atoms with Crippen molar-refractivity contribution in [3.63, 3.8) is 0 Å². The van der Waals surface area contributed by atoms with Crippen LogP contribution in [0.15, 0.2) is 48.5 Å². The molecule has 8 nitrogen and oxygen atoms in total. The molecule has 3 aromatic rings. The number of aromatic nitrogens is 2. The number of rotatable bonds is 11. The summed E-state index contributed by atoms with van der Waals surface area (Å²) in [6, 6.07) is 15.7. The average molecular weight is 522 g/mol. The fraction of sp³-hybridized carbons (Fsp3) is 0.433. The number of carboxylic acid groups (broad SMARTS) is 1.